The highest BCUT2D eigenvalue weighted by molar-refractivity contribution is 6.06. The molecule has 0 aromatic heterocycles. The van der Waals surface area contributed by atoms with Crippen LogP contribution in [0.1, 0.15) is 42.9 Å². The van der Waals surface area contributed by atoms with Crippen LogP contribution in [0.4, 0.5) is 5.69 Å². The predicted molar refractivity (Wildman–Crippen MR) is 118 cm³/mol. The zero-order valence-electron chi connectivity index (χ0n) is 17.1. The number of anilines is 1. The van der Waals surface area contributed by atoms with Crippen LogP contribution in [0.15, 0.2) is 46.0 Å². The summed E-state index contributed by atoms with van der Waals surface area (Å²) in [5.41, 5.74) is 6.48. The van der Waals surface area contributed by atoms with E-state index >= 15 is 0 Å². The van der Waals surface area contributed by atoms with Crippen molar-refractivity contribution in [1.29, 1.82) is 0 Å². The maximum Gasteiger partial charge on any atom is 0.204 e. The lowest BCUT2D eigenvalue weighted by atomic mass is 9.99. The van der Waals surface area contributed by atoms with Crippen molar-refractivity contribution in [2.45, 2.75) is 46.0 Å². The molecule has 148 valence electrons. The summed E-state index contributed by atoms with van der Waals surface area (Å²) in [6, 6.07) is 4.63. The first-order valence-corrected chi connectivity index (χ1v) is 10.6. The molecule has 0 atom stereocenters. The molecule has 3 aliphatic heterocycles. The van der Waals surface area contributed by atoms with Crippen LogP contribution in [-0.2, 0) is 12.8 Å². The molecule has 2 N–H and O–H groups in total. The lowest BCUT2D eigenvalue weighted by Crippen LogP contribution is -2.40. The van der Waals surface area contributed by atoms with Gasteiger partial charge in [-0.1, -0.05) is 19.1 Å². The van der Waals surface area contributed by atoms with E-state index in [4.69, 9.17) is 9.98 Å². The molecular formula is C23H31N5. The van der Waals surface area contributed by atoms with Gasteiger partial charge in [0.25, 0.3) is 0 Å². The summed E-state index contributed by atoms with van der Waals surface area (Å²) in [5.74, 6) is 1.89. The molecule has 0 bridgehead atoms. The molecule has 3 aliphatic rings. The third-order valence-electron chi connectivity index (χ3n) is 5.77. The molecule has 0 aliphatic carbocycles. The van der Waals surface area contributed by atoms with E-state index in [0.717, 1.165) is 44.3 Å². The predicted octanol–water partition coefficient (Wildman–Crippen LogP) is 3.81. The van der Waals surface area contributed by atoms with Gasteiger partial charge < -0.3 is 15.5 Å². The van der Waals surface area contributed by atoms with Gasteiger partial charge in [-0.05, 0) is 73.2 Å². The first-order chi connectivity index (χ1) is 13.7. The molecule has 1 fully saturated rings. The number of benzene rings is 1. The Bertz CT molecular complexity index is 841. The lowest BCUT2D eigenvalue weighted by Gasteiger charge is -2.30. The Morgan fingerprint density at radius 2 is 2.04 bits per heavy atom. The Labute approximate surface area is 168 Å². The summed E-state index contributed by atoms with van der Waals surface area (Å²) in [6.07, 6.45) is 11.9. The van der Waals surface area contributed by atoms with Gasteiger partial charge in [-0.2, -0.15) is 4.99 Å². The van der Waals surface area contributed by atoms with Gasteiger partial charge in [-0.15, -0.1) is 0 Å². The smallest absolute Gasteiger partial charge is 0.204 e. The summed E-state index contributed by atoms with van der Waals surface area (Å²) in [5, 5.41) is 6.84. The van der Waals surface area contributed by atoms with Crippen molar-refractivity contribution in [1.82, 2.24) is 10.2 Å². The Balaban J connectivity index is 1.66. The van der Waals surface area contributed by atoms with E-state index in [1.807, 2.05) is 6.20 Å². The number of amidine groups is 1. The second-order valence-corrected chi connectivity index (χ2v) is 7.83. The molecule has 0 unspecified atom stereocenters. The minimum absolute atomic E-state index is 0.687. The van der Waals surface area contributed by atoms with Crippen molar-refractivity contribution < 1.29 is 0 Å². The number of piperidine rings is 1. The van der Waals surface area contributed by atoms with Crippen molar-refractivity contribution in [2.75, 3.05) is 31.5 Å². The summed E-state index contributed by atoms with van der Waals surface area (Å²) in [4.78, 5) is 12.3. The van der Waals surface area contributed by atoms with E-state index < -0.39 is 0 Å². The van der Waals surface area contributed by atoms with Crippen LogP contribution in [0.2, 0.25) is 0 Å². The monoisotopic (exact) mass is 377 g/mol. The van der Waals surface area contributed by atoms with Gasteiger partial charge in [0, 0.05) is 31.7 Å². The maximum absolute atomic E-state index is 5.00. The number of hydrogen-bond donors (Lipinski definition) is 2. The highest BCUT2D eigenvalue weighted by atomic mass is 15.3. The van der Waals surface area contributed by atoms with Crippen molar-refractivity contribution in [3.63, 3.8) is 0 Å². The second kappa shape index (κ2) is 8.63. The van der Waals surface area contributed by atoms with Gasteiger partial charge in [0.05, 0.1) is 6.54 Å². The Kier molecular flexibility index (Phi) is 5.79. The number of fused-ring (bicyclic) bond motifs is 1. The van der Waals surface area contributed by atoms with Crippen LogP contribution in [-0.4, -0.2) is 42.9 Å². The molecule has 1 aromatic carbocycles. The normalized spacial score (nSPS) is 20.6. The molecule has 1 aromatic rings. The summed E-state index contributed by atoms with van der Waals surface area (Å²) < 4.78 is 0. The van der Waals surface area contributed by atoms with Crippen LogP contribution >= 0.6 is 0 Å². The Morgan fingerprint density at radius 3 is 2.79 bits per heavy atom. The van der Waals surface area contributed by atoms with Gasteiger partial charge >= 0.3 is 0 Å². The Hall–Kier alpha value is -2.56. The van der Waals surface area contributed by atoms with E-state index in [1.54, 1.807) is 0 Å². The molecule has 28 heavy (non-hydrogen) atoms. The fourth-order valence-corrected chi connectivity index (χ4v) is 4.07. The zero-order chi connectivity index (χ0) is 19.3. The SMILES string of the molecule is CCc1cc2c(cc1C)NC(N1CCCCC1)=NC(=NCC1=CCNC=C1)C2. The quantitative estimate of drug-likeness (QED) is 0.842. The standard InChI is InChI=1S/C23H31N5/c1-3-19-14-20-15-22(25-16-18-7-9-24-10-8-18)27-23(26-21(20)13-17(19)2)28-11-5-4-6-12-28/h7-9,13-14,24H,3-6,10-12,15-16H2,1-2H3,(H,25,26,27). The number of nitrogens with zero attached hydrogens (tertiary/aromatic N) is 3. The van der Waals surface area contributed by atoms with Crippen LogP contribution in [0.5, 0.6) is 0 Å². The molecule has 5 heteroatoms. The van der Waals surface area contributed by atoms with Crippen molar-refractivity contribution in [2.24, 2.45) is 9.98 Å². The molecule has 0 amide bonds. The van der Waals surface area contributed by atoms with Gasteiger partial charge in [-0.25, -0.2) is 0 Å². The van der Waals surface area contributed by atoms with Crippen molar-refractivity contribution in [3.05, 3.63) is 52.7 Å². The minimum atomic E-state index is 0.687. The van der Waals surface area contributed by atoms with Crippen LogP contribution < -0.4 is 10.6 Å². The minimum Gasteiger partial charge on any atom is -0.387 e. The number of aryl methyl sites for hydroxylation is 2. The average molecular weight is 378 g/mol. The fourth-order valence-electron chi connectivity index (χ4n) is 4.07. The number of nitrogens with one attached hydrogen (secondary N) is 2. The molecule has 0 saturated carbocycles. The van der Waals surface area contributed by atoms with Gasteiger partial charge in [-0.3, -0.25) is 4.99 Å². The second-order valence-electron chi connectivity index (χ2n) is 7.83. The van der Waals surface area contributed by atoms with E-state index in [-0.39, 0.29) is 0 Å². The number of aliphatic imine (C=N–C) groups is 2. The van der Waals surface area contributed by atoms with E-state index in [9.17, 15) is 0 Å². The third-order valence-corrected chi connectivity index (χ3v) is 5.77. The van der Waals surface area contributed by atoms with Crippen LogP contribution in [0.3, 0.4) is 0 Å². The maximum atomic E-state index is 5.00. The number of likely N-dealkylation sites (tertiary alicyclic amines) is 1. The molecule has 3 heterocycles. The average Bonchev–Trinajstić information content (AvgIpc) is 2.92. The number of rotatable bonds is 3. The number of hydrogen-bond acceptors (Lipinski definition) is 4. The molecular weight excluding hydrogens is 346 g/mol. The topological polar surface area (TPSA) is 52.0 Å². The number of dihydropyridines is 1. The first kappa shape index (κ1) is 18.8. The molecule has 5 nitrogen and oxygen atoms in total. The first-order valence-electron chi connectivity index (χ1n) is 10.6. The van der Waals surface area contributed by atoms with Crippen molar-refractivity contribution >= 4 is 17.5 Å². The van der Waals surface area contributed by atoms with Gasteiger partial charge in [0.1, 0.15) is 5.84 Å². The van der Waals surface area contributed by atoms with E-state index in [1.165, 1.54) is 47.2 Å². The highest BCUT2D eigenvalue weighted by Gasteiger charge is 2.21. The summed E-state index contributed by atoms with van der Waals surface area (Å²) in [6.45, 7) is 8.13. The summed E-state index contributed by atoms with van der Waals surface area (Å²) >= 11 is 0. The van der Waals surface area contributed by atoms with Gasteiger partial charge in [0.2, 0.25) is 5.96 Å². The zero-order valence-corrected chi connectivity index (χ0v) is 17.1. The molecule has 0 radical (unpaired) electrons. The largest absolute Gasteiger partial charge is 0.387 e. The molecule has 0 spiro atoms. The van der Waals surface area contributed by atoms with Crippen LogP contribution in [0.25, 0.3) is 0 Å². The summed E-state index contributed by atoms with van der Waals surface area (Å²) in [7, 11) is 0. The lowest BCUT2D eigenvalue weighted by molar-refractivity contribution is 0.342. The van der Waals surface area contributed by atoms with Crippen LogP contribution in [0, 0.1) is 6.92 Å². The van der Waals surface area contributed by atoms with E-state index in [2.05, 4.69) is 53.7 Å². The highest BCUT2D eigenvalue weighted by Crippen LogP contribution is 2.26. The Morgan fingerprint density at radius 1 is 1.18 bits per heavy atom. The fraction of sp³-hybridized carbons (Fsp3) is 0.478. The number of guanidine groups is 1. The van der Waals surface area contributed by atoms with Gasteiger partial charge in [0.15, 0.2) is 0 Å². The molecule has 1 saturated heterocycles. The van der Waals surface area contributed by atoms with Crippen molar-refractivity contribution in [3.8, 4) is 0 Å². The third kappa shape index (κ3) is 4.29. The van der Waals surface area contributed by atoms with E-state index in [0.29, 0.717) is 6.54 Å². The molecule has 4 rings (SSSR count).